The lowest BCUT2D eigenvalue weighted by molar-refractivity contribution is 0.0974. The van der Waals surface area contributed by atoms with Crippen molar-refractivity contribution < 1.29 is 9.59 Å². The lowest BCUT2D eigenvalue weighted by Crippen LogP contribution is -2.29. The molecule has 1 N–H and O–H groups in total. The standard InChI is InChI=1S/C21H28ClNO2S/c1-26-15-11-7-5-3-2-4-6-10-14-23-19-18(22)20(24)16-12-8-9-13-17(16)21(19)25/h8-9,12-13,23H,2-7,10-11,14-15H2,1H3. The molecule has 0 saturated heterocycles. The maximum atomic E-state index is 12.5. The van der Waals surface area contributed by atoms with E-state index >= 15 is 0 Å². The van der Waals surface area contributed by atoms with Crippen molar-refractivity contribution in [1.29, 1.82) is 0 Å². The summed E-state index contributed by atoms with van der Waals surface area (Å²) < 4.78 is 0. The predicted molar refractivity (Wildman–Crippen MR) is 111 cm³/mol. The molecular formula is C21H28ClNO2S. The van der Waals surface area contributed by atoms with Crippen molar-refractivity contribution in [2.75, 3.05) is 18.6 Å². The SMILES string of the molecule is CSCCCCCCCCCCNC1=C(Cl)C(=O)c2ccccc2C1=O. The first-order valence-electron chi connectivity index (χ1n) is 9.48. The van der Waals surface area contributed by atoms with Gasteiger partial charge < -0.3 is 5.32 Å². The highest BCUT2D eigenvalue weighted by Gasteiger charge is 2.30. The maximum Gasteiger partial charge on any atom is 0.211 e. The average Bonchev–Trinajstić information content (AvgIpc) is 2.66. The summed E-state index contributed by atoms with van der Waals surface area (Å²) in [5.41, 5.74) is 1.08. The van der Waals surface area contributed by atoms with Crippen molar-refractivity contribution in [3.8, 4) is 0 Å². The normalized spacial score (nSPS) is 13.9. The highest BCUT2D eigenvalue weighted by molar-refractivity contribution is 7.98. The van der Waals surface area contributed by atoms with E-state index in [4.69, 9.17) is 11.6 Å². The van der Waals surface area contributed by atoms with Crippen LogP contribution in [0.2, 0.25) is 0 Å². The Morgan fingerprint density at radius 3 is 2.00 bits per heavy atom. The zero-order chi connectivity index (χ0) is 18.8. The van der Waals surface area contributed by atoms with Crippen LogP contribution in [0.5, 0.6) is 0 Å². The number of carbonyl (C=O) groups excluding carboxylic acids is 2. The lowest BCUT2D eigenvalue weighted by Gasteiger charge is -2.18. The monoisotopic (exact) mass is 393 g/mol. The van der Waals surface area contributed by atoms with Gasteiger partial charge in [-0.2, -0.15) is 11.8 Å². The van der Waals surface area contributed by atoms with Gasteiger partial charge >= 0.3 is 0 Å². The molecule has 1 aromatic rings. The fourth-order valence-corrected chi connectivity index (χ4v) is 3.90. The molecule has 26 heavy (non-hydrogen) atoms. The quantitative estimate of drug-likeness (QED) is 0.470. The summed E-state index contributed by atoms with van der Waals surface area (Å²) in [5, 5.41) is 3.11. The molecule has 0 spiro atoms. The van der Waals surface area contributed by atoms with Crippen LogP contribution in [0.25, 0.3) is 0 Å². The molecule has 0 bridgehead atoms. The van der Waals surface area contributed by atoms with Crippen molar-refractivity contribution in [1.82, 2.24) is 5.32 Å². The number of nitrogens with one attached hydrogen (secondary N) is 1. The van der Waals surface area contributed by atoms with Gasteiger partial charge in [-0.1, -0.05) is 74.4 Å². The van der Waals surface area contributed by atoms with Crippen molar-refractivity contribution in [2.45, 2.75) is 51.4 Å². The van der Waals surface area contributed by atoms with Crippen LogP contribution in [0.4, 0.5) is 0 Å². The Bertz CT molecular complexity index is 657. The molecule has 0 aromatic heterocycles. The summed E-state index contributed by atoms with van der Waals surface area (Å²) in [5.74, 6) is 0.816. The Kier molecular flexibility index (Phi) is 9.27. The Balaban J connectivity index is 1.66. The molecule has 0 fully saturated rings. The van der Waals surface area contributed by atoms with Crippen LogP contribution >= 0.6 is 23.4 Å². The van der Waals surface area contributed by atoms with Crippen molar-refractivity contribution in [2.24, 2.45) is 0 Å². The molecule has 0 amide bonds. The van der Waals surface area contributed by atoms with Crippen LogP contribution in [-0.4, -0.2) is 30.1 Å². The topological polar surface area (TPSA) is 46.2 Å². The van der Waals surface area contributed by atoms with E-state index in [9.17, 15) is 9.59 Å². The van der Waals surface area contributed by atoms with Crippen molar-refractivity contribution >= 4 is 34.9 Å². The average molecular weight is 394 g/mol. The third-order valence-corrected chi connectivity index (χ3v) is 5.70. The van der Waals surface area contributed by atoms with Gasteiger partial charge in [-0.25, -0.2) is 0 Å². The molecule has 0 saturated carbocycles. The summed E-state index contributed by atoms with van der Waals surface area (Å²) in [4.78, 5) is 24.8. The molecule has 142 valence electrons. The molecule has 5 heteroatoms. The van der Waals surface area contributed by atoms with Crippen molar-refractivity contribution in [3.05, 3.63) is 46.1 Å². The molecule has 0 aliphatic heterocycles. The van der Waals surface area contributed by atoms with Gasteiger partial charge in [-0.15, -0.1) is 0 Å². The molecule has 1 aromatic carbocycles. The van der Waals surface area contributed by atoms with Crippen LogP contribution in [-0.2, 0) is 0 Å². The Hall–Kier alpha value is -1.26. The van der Waals surface area contributed by atoms with E-state index in [-0.39, 0.29) is 22.3 Å². The summed E-state index contributed by atoms with van der Waals surface area (Å²) in [6.45, 7) is 0.667. The number of thioether (sulfide) groups is 1. The highest BCUT2D eigenvalue weighted by Crippen LogP contribution is 2.27. The summed E-state index contributed by atoms with van der Waals surface area (Å²) in [7, 11) is 0. The minimum atomic E-state index is -0.272. The summed E-state index contributed by atoms with van der Waals surface area (Å²) >= 11 is 8.06. The van der Waals surface area contributed by atoms with E-state index in [1.54, 1.807) is 24.3 Å². The molecule has 0 heterocycles. The van der Waals surface area contributed by atoms with Crippen LogP contribution in [0.3, 0.4) is 0 Å². The van der Waals surface area contributed by atoms with E-state index in [1.165, 1.54) is 44.3 Å². The number of ketones is 2. The minimum Gasteiger partial charge on any atom is -0.381 e. The largest absolute Gasteiger partial charge is 0.381 e. The smallest absolute Gasteiger partial charge is 0.211 e. The van der Waals surface area contributed by atoms with Gasteiger partial charge in [0.25, 0.3) is 0 Å². The van der Waals surface area contributed by atoms with Gasteiger partial charge in [0, 0.05) is 17.7 Å². The fourth-order valence-electron chi connectivity index (χ4n) is 3.15. The third-order valence-electron chi connectivity index (χ3n) is 4.64. The van der Waals surface area contributed by atoms with Gasteiger partial charge in [0.05, 0.1) is 0 Å². The first kappa shape index (κ1) is 21.0. The Morgan fingerprint density at radius 1 is 0.846 bits per heavy atom. The molecule has 1 aliphatic rings. The number of halogens is 1. The highest BCUT2D eigenvalue weighted by atomic mass is 35.5. The van der Waals surface area contributed by atoms with Gasteiger partial charge in [0.1, 0.15) is 10.7 Å². The van der Waals surface area contributed by atoms with Crippen LogP contribution in [0, 0.1) is 0 Å². The van der Waals surface area contributed by atoms with Gasteiger partial charge in [-0.3, -0.25) is 9.59 Å². The zero-order valence-electron chi connectivity index (χ0n) is 15.5. The lowest BCUT2D eigenvalue weighted by atomic mass is 9.92. The van der Waals surface area contributed by atoms with Gasteiger partial charge in [-0.05, 0) is 24.9 Å². The van der Waals surface area contributed by atoms with Crippen molar-refractivity contribution in [3.63, 3.8) is 0 Å². The van der Waals surface area contributed by atoms with Gasteiger partial charge in [0.15, 0.2) is 0 Å². The first-order valence-corrected chi connectivity index (χ1v) is 11.2. The molecule has 1 aliphatic carbocycles. The molecule has 0 unspecified atom stereocenters. The number of unbranched alkanes of at least 4 members (excludes halogenated alkanes) is 7. The number of fused-ring (bicyclic) bond motifs is 1. The van der Waals surface area contributed by atoms with Crippen LogP contribution in [0.1, 0.15) is 72.1 Å². The number of allylic oxidation sites excluding steroid dienone is 2. The number of hydrogen-bond donors (Lipinski definition) is 1. The fraction of sp³-hybridized carbons (Fsp3) is 0.524. The minimum absolute atomic E-state index is 0.0129. The number of rotatable bonds is 12. The first-order chi connectivity index (χ1) is 12.7. The molecular weight excluding hydrogens is 366 g/mol. The number of Topliss-reactive ketones (excluding diaryl/α,β-unsaturated/α-hetero) is 2. The molecule has 2 rings (SSSR count). The predicted octanol–water partition coefficient (Wildman–Crippen LogP) is 5.59. The molecule has 0 atom stereocenters. The summed E-state index contributed by atoms with van der Waals surface area (Å²) in [6, 6.07) is 6.84. The molecule has 3 nitrogen and oxygen atoms in total. The molecule has 0 radical (unpaired) electrons. The van der Waals surface area contributed by atoms with E-state index in [2.05, 4.69) is 11.6 Å². The number of hydrogen-bond acceptors (Lipinski definition) is 4. The van der Waals surface area contributed by atoms with E-state index < -0.39 is 0 Å². The van der Waals surface area contributed by atoms with Gasteiger partial charge in [0.2, 0.25) is 11.6 Å². The second-order valence-corrected chi connectivity index (χ2v) is 8.00. The van der Waals surface area contributed by atoms with Crippen LogP contribution in [0.15, 0.2) is 35.0 Å². The van der Waals surface area contributed by atoms with E-state index in [0.717, 1.165) is 12.8 Å². The summed E-state index contributed by atoms with van der Waals surface area (Å²) in [6.07, 6.45) is 12.1. The van der Waals surface area contributed by atoms with Crippen LogP contribution < -0.4 is 5.32 Å². The third kappa shape index (κ3) is 5.88. The second kappa shape index (κ2) is 11.5. The number of carbonyl (C=O) groups is 2. The zero-order valence-corrected chi connectivity index (χ0v) is 17.1. The van der Waals surface area contributed by atoms with E-state index in [0.29, 0.717) is 17.7 Å². The maximum absolute atomic E-state index is 12.5. The number of benzene rings is 1. The Labute approximate surface area is 166 Å². The second-order valence-electron chi connectivity index (χ2n) is 6.64. The Morgan fingerprint density at radius 2 is 1.38 bits per heavy atom. The van der Waals surface area contributed by atoms with E-state index in [1.807, 2.05) is 11.8 Å².